The number of benzene rings is 1. The molecule has 2 N–H and O–H groups in total. The molecular formula is C16H18N2O2S. The lowest BCUT2D eigenvalue weighted by molar-refractivity contribution is 0.0745. The van der Waals surface area contributed by atoms with Crippen LogP contribution in [0.3, 0.4) is 0 Å². The van der Waals surface area contributed by atoms with Crippen molar-refractivity contribution in [1.82, 2.24) is 4.98 Å². The summed E-state index contributed by atoms with van der Waals surface area (Å²) in [7, 11) is 0. The van der Waals surface area contributed by atoms with Crippen molar-refractivity contribution in [3.8, 4) is 22.8 Å². The van der Waals surface area contributed by atoms with Crippen LogP contribution < -0.4 is 15.2 Å². The average molecular weight is 302 g/mol. The van der Waals surface area contributed by atoms with E-state index in [9.17, 15) is 0 Å². The molecule has 0 unspecified atom stereocenters. The molecule has 2 aromatic rings. The first-order valence-electron chi connectivity index (χ1n) is 7.45. The summed E-state index contributed by atoms with van der Waals surface area (Å²) in [6.07, 6.45) is 4.47. The Balaban J connectivity index is 1.88. The predicted octanol–water partition coefficient (Wildman–Crippen LogP) is 3.95. The largest absolute Gasteiger partial charge is 0.494 e. The van der Waals surface area contributed by atoms with E-state index in [1.165, 1.54) is 17.7 Å². The van der Waals surface area contributed by atoms with E-state index in [-0.39, 0.29) is 5.60 Å². The Morgan fingerprint density at radius 2 is 2.19 bits per heavy atom. The van der Waals surface area contributed by atoms with Gasteiger partial charge in [-0.1, -0.05) is 11.3 Å². The van der Waals surface area contributed by atoms with Crippen LogP contribution in [0.2, 0.25) is 0 Å². The van der Waals surface area contributed by atoms with Crippen molar-refractivity contribution in [1.29, 1.82) is 0 Å². The zero-order valence-corrected chi connectivity index (χ0v) is 12.8. The van der Waals surface area contributed by atoms with Crippen LogP contribution in [0.25, 0.3) is 11.3 Å². The normalized spacial score (nSPS) is 18.1. The smallest absolute Gasteiger partial charge is 0.180 e. The van der Waals surface area contributed by atoms with Crippen molar-refractivity contribution in [2.45, 2.75) is 38.2 Å². The number of hydrogen-bond acceptors (Lipinski definition) is 5. The Morgan fingerprint density at radius 3 is 2.95 bits per heavy atom. The summed E-state index contributed by atoms with van der Waals surface area (Å²) in [5.41, 5.74) is 7.78. The molecule has 0 radical (unpaired) electrons. The van der Waals surface area contributed by atoms with Crippen molar-refractivity contribution in [3.63, 3.8) is 0 Å². The summed E-state index contributed by atoms with van der Waals surface area (Å²) in [6, 6.07) is 5.98. The van der Waals surface area contributed by atoms with E-state index in [1.807, 2.05) is 25.1 Å². The van der Waals surface area contributed by atoms with E-state index < -0.39 is 0 Å². The highest BCUT2D eigenvalue weighted by Crippen LogP contribution is 2.54. The zero-order valence-electron chi connectivity index (χ0n) is 12.0. The third-order valence-electron chi connectivity index (χ3n) is 4.29. The molecule has 0 saturated heterocycles. The van der Waals surface area contributed by atoms with Crippen molar-refractivity contribution in [3.05, 3.63) is 23.1 Å². The molecule has 21 heavy (non-hydrogen) atoms. The minimum absolute atomic E-state index is 0.220. The van der Waals surface area contributed by atoms with Crippen LogP contribution in [0, 0.1) is 0 Å². The summed E-state index contributed by atoms with van der Waals surface area (Å²) in [5, 5.41) is 0.622. The number of nitrogen functional groups attached to an aromatic ring is 1. The van der Waals surface area contributed by atoms with Crippen LogP contribution in [0.15, 0.2) is 18.2 Å². The maximum atomic E-state index is 6.44. The van der Waals surface area contributed by atoms with Crippen LogP contribution in [0.1, 0.15) is 37.5 Å². The second-order valence-corrected chi connectivity index (χ2v) is 6.65. The first-order valence-corrected chi connectivity index (χ1v) is 8.26. The summed E-state index contributed by atoms with van der Waals surface area (Å²) < 4.78 is 12.0. The van der Waals surface area contributed by atoms with Crippen LogP contribution in [-0.4, -0.2) is 11.6 Å². The first-order chi connectivity index (χ1) is 10.2. The zero-order chi connectivity index (χ0) is 14.4. The van der Waals surface area contributed by atoms with E-state index in [2.05, 4.69) is 4.98 Å². The molecule has 4 nitrogen and oxygen atoms in total. The van der Waals surface area contributed by atoms with Crippen molar-refractivity contribution >= 4 is 16.5 Å². The molecule has 2 aliphatic rings. The Hall–Kier alpha value is -1.75. The van der Waals surface area contributed by atoms with Gasteiger partial charge in [-0.3, -0.25) is 0 Å². The molecule has 1 aromatic heterocycles. The second-order valence-electron chi connectivity index (χ2n) is 5.62. The number of fused-ring (bicyclic) bond motifs is 4. The lowest BCUT2D eigenvalue weighted by Gasteiger charge is -2.34. The van der Waals surface area contributed by atoms with Crippen LogP contribution in [0.4, 0.5) is 5.13 Å². The van der Waals surface area contributed by atoms with Crippen LogP contribution >= 0.6 is 11.3 Å². The molecular weight excluding hydrogens is 284 g/mol. The quantitative estimate of drug-likeness (QED) is 0.912. The highest BCUT2D eigenvalue weighted by atomic mass is 32.1. The van der Waals surface area contributed by atoms with Crippen LogP contribution in [0.5, 0.6) is 11.5 Å². The molecule has 1 spiro atoms. The van der Waals surface area contributed by atoms with Crippen molar-refractivity contribution in [2.75, 3.05) is 12.3 Å². The topological polar surface area (TPSA) is 57.4 Å². The van der Waals surface area contributed by atoms with Gasteiger partial charge in [-0.15, -0.1) is 0 Å². The number of ether oxygens (including phenoxy) is 2. The number of nitrogens with two attached hydrogens (primary N) is 1. The molecule has 1 saturated carbocycles. The van der Waals surface area contributed by atoms with Gasteiger partial charge in [0.05, 0.1) is 17.2 Å². The SMILES string of the molecule is CCOc1ccc2c(c1)OC1(CCCC1)c1sc(N)nc1-2. The van der Waals surface area contributed by atoms with Gasteiger partial charge >= 0.3 is 0 Å². The molecule has 2 heterocycles. The number of thiazole rings is 1. The van der Waals surface area contributed by atoms with Gasteiger partial charge < -0.3 is 15.2 Å². The van der Waals surface area contributed by atoms with Gasteiger partial charge in [0.1, 0.15) is 17.1 Å². The van der Waals surface area contributed by atoms with E-state index in [4.69, 9.17) is 15.2 Å². The first kappa shape index (κ1) is 13.0. The van der Waals surface area contributed by atoms with Gasteiger partial charge in [-0.2, -0.15) is 0 Å². The third kappa shape index (κ3) is 1.91. The maximum absolute atomic E-state index is 6.44. The standard InChI is InChI=1S/C16H18N2O2S/c1-2-19-10-5-6-11-12(9-10)20-16(7-3-4-8-16)14-13(11)18-15(17)21-14/h5-6,9H,2-4,7-8H2,1H3,(H2,17,18). The lowest BCUT2D eigenvalue weighted by atomic mass is 9.92. The third-order valence-corrected chi connectivity index (χ3v) is 5.36. The molecule has 0 amide bonds. The molecule has 5 heteroatoms. The minimum Gasteiger partial charge on any atom is -0.494 e. The molecule has 1 aliphatic heterocycles. The summed E-state index contributed by atoms with van der Waals surface area (Å²) >= 11 is 1.57. The fourth-order valence-electron chi connectivity index (χ4n) is 3.40. The highest BCUT2D eigenvalue weighted by molar-refractivity contribution is 7.16. The van der Waals surface area contributed by atoms with Gasteiger partial charge in [0.25, 0.3) is 0 Å². The van der Waals surface area contributed by atoms with Crippen molar-refractivity contribution < 1.29 is 9.47 Å². The fraction of sp³-hybridized carbons (Fsp3) is 0.438. The van der Waals surface area contributed by atoms with E-state index >= 15 is 0 Å². The molecule has 1 fully saturated rings. The molecule has 1 aromatic carbocycles. The van der Waals surface area contributed by atoms with E-state index in [1.54, 1.807) is 11.3 Å². The Bertz CT molecular complexity index is 690. The van der Waals surface area contributed by atoms with E-state index in [0.29, 0.717) is 11.7 Å². The highest BCUT2D eigenvalue weighted by Gasteiger charge is 2.45. The van der Waals surface area contributed by atoms with Gasteiger partial charge in [0, 0.05) is 11.6 Å². The molecule has 110 valence electrons. The average Bonchev–Trinajstić information content (AvgIpc) is 3.07. The van der Waals surface area contributed by atoms with Crippen LogP contribution in [-0.2, 0) is 5.60 Å². The number of rotatable bonds is 2. The number of anilines is 1. The number of aromatic nitrogens is 1. The van der Waals surface area contributed by atoms with Gasteiger partial charge in [0.15, 0.2) is 5.13 Å². The monoisotopic (exact) mass is 302 g/mol. The summed E-state index contributed by atoms with van der Waals surface area (Å²) in [5.74, 6) is 1.72. The molecule has 4 rings (SSSR count). The summed E-state index contributed by atoms with van der Waals surface area (Å²) in [6.45, 7) is 2.64. The van der Waals surface area contributed by atoms with Crippen molar-refractivity contribution in [2.24, 2.45) is 0 Å². The maximum Gasteiger partial charge on any atom is 0.180 e. The Morgan fingerprint density at radius 1 is 1.38 bits per heavy atom. The number of hydrogen-bond donors (Lipinski definition) is 1. The minimum atomic E-state index is -0.220. The molecule has 1 aliphatic carbocycles. The lowest BCUT2D eigenvalue weighted by Crippen LogP contribution is -2.32. The van der Waals surface area contributed by atoms with Gasteiger partial charge in [0.2, 0.25) is 0 Å². The Kier molecular flexibility index (Phi) is 2.85. The molecule has 0 bridgehead atoms. The number of nitrogens with zero attached hydrogens (tertiary/aromatic N) is 1. The Labute approximate surface area is 127 Å². The fourth-order valence-corrected chi connectivity index (χ4v) is 4.43. The van der Waals surface area contributed by atoms with E-state index in [0.717, 1.165) is 35.6 Å². The summed E-state index contributed by atoms with van der Waals surface area (Å²) in [4.78, 5) is 5.77. The van der Waals surface area contributed by atoms with Gasteiger partial charge in [-0.05, 0) is 44.7 Å². The predicted molar refractivity (Wildman–Crippen MR) is 83.9 cm³/mol. The second kappa shape index (κ2) is 4.63. The molecule has 0 atom stereocenters. The van der Waals surface area contributed by atoms with Gasteiger partial charge in [-0.25, -0.2) is 4.98 Å².